The molecule has 16 heteroatoms. The van der Waals surface area contributed by atoms with Crippen LogP contribution in [-0.4, -0.2) is 125 Å². The van der Waals surface area contributed by atoms with Crippen LogP contribution in [0, 0.1) is 5.92 Å². The minimum Gasteiger partial charge on any atom is -0.506 e. The van der Waals surface area contributed by atoms with Gasteiger partial charge in [-0.3, -0.25) is 9.69 Å². The van der Waals surface area contributed by atoms with Gasteiger partial charge in [0.15, 0.2) is 6.10 Å². The number of nitrogens with zero attached hydrogens (tertiary/aromatic N) is 5. The predicted octanol–water partition coefficient (Wildman–Crippen LogP) is 4.92. The normalized spacial score (nSPS) is 25.6. The number of likely N-dealkylation sites (tertiary alicyclic amines) is 1. The number of urea groups is 1. The fourth-order valence-corrected chi connectivity index (χ4v) is 9.08. The number of piperazine rings is 1. The van der Waals surface area contributed by atoms with Gasteiger partial charge in [-0.2, -0.15) is 13.2 Å². The van der Waals surface area contributed by atoms with Crippen LogP contribution in [0.25, 0.3) is 0 Å². The maximum Gasteiger partial charge on any atom is 0.420 e. The zero-order chi connectivity index (χ0) is 34.4. The highest BCUT2D eigenvalue weighted by atomic mass is 35.5. The van der Waals surface area contributed by atoms with E-state index in [2.05, 4.69) is 15.1 Å². The Morgan fingerprint density at radius 3 is 2.37 bits per heavy atom. The van der Waals surface area contributed by atoms with Gasteiger partial charge in [0.1, 0.15) is 5.75 Å². The van der Waals surface area contributed by atoms with Crippen LogP contribution >= 0.6 is 22.9 Å². The number of carbonyl (C=O) groups excluding carboxylic acids is 3. The standard InChI is InChI=1S/C33H40ClF3N6O5S/c34-25-14-20(13-24(29(25)44)33(35,36)37)15-28(30(45)41-11-9-40(10-12-41)27-17-39-5-1-21(27)2-6-39)48-32(47)42-7-3-23(4-8-42)43-16-22-18-49-19-26(22)38-31(43)46/h13-14,18-19,21,23,27-28,44H,1-12,15-17H2,(H,38,46)/t27?,28-/m1/s1. The summed E-state index contributed by atoms with van der Waals surface area (Å²) in [6.45, 7) is 6.48. The molecule has 1 unspecified atom stereocenters. The van der Waals surface area contributed by atoms with Crippen LogP contribution in [0.3, 0.4) is 0 Å². The maximum absolute atomic E-state index is 14.0. The monoisotopic (exact) mass is 724 g/mol. The van der Waals surface area contributed by atoms with E-state index in [1.165, 1.54) is 35.1 Å². The molecule has 2 aromatic rings. The quantitative estimate of drug-likeness (QED) is 0.436. The zero-order valence-corrected chi connectivity index (χ0v) is 28.5. The Morgan fingerprint density at radius 2 is 1.71 bits per heavy atom. The van der Waals surface area contributed by atoms with Crippen molar-refractivity contribution in [1.29, 1.82) is 0 Å². The molecule has 2 N–H and O–H groups in total. The van der Waals surface area contributed by atoms with E-state index in [4.69, 9.17) is 16.3 Å². The van der Waals surface area contributed by atoms with Crippen LogP contribution in [0.2, 0.25) is 5.02 Å². The summed E-state index contributed by atoms with van der Waals surface area (Å²) in [5, 5.41) is 16.3. The van der Waals surface area contributed by atoms with E-state index in [0.29, 0.717) is 57.5 Å². The van der Waals surface area contributed by atoms with Crippen molar-refractivity contribution in [3.05, 3.63) is 44.6 Å². The van der Waals surface area contributed by atoms with Gasteiger partial charge in [-0.15, -0.1) is 11.3 Å². The van der Waals surface area contributed by atoms with E-state index < -0.39 is 40.6 Å². The molecule has 0 aliphatic carbocycles. The molecule has 7 heterocycles. The van der Waals surface area contributed by atoms with Crippen LogP contribution in [0.15, 0.2) is 22.9 Å². The summed E-state index contributed by atoms with van der Waals surface area (Å²) >= 11 is 7.51. The third-order valence-electron chi connectivity index (χ3n) is 10.8. The van der Waals surface area contributed by atoms with Crippen molar-refractivity contribution in [2.75, 3.05) is 64.2 Å². The second kappa shape index (κ2) is 13.8. The average molecular weight is 725 g/mol. The minimum atomic E-state index is -4.88. The summed E-state index contributed by atoms with van der Waals surface area (Å²) in [6, 6.07) is 2.08. The van der Waals surface area contributed by atoms with Gasteiger partial charge >= 0.3 is 18.3 Å². The zero-order valence-electron chi connectivity index (χ0n) is 27.0. The van der Waals surface area contributed by atoms with Crippen LogP contribution < -0.4 is 5.32 Å². The lowest BCUT2D eigenvalue weighted by atomic mass is 9.83. The SMILES string of the molecule is O=C(O[C@H](Cc1cc(Cl)c(O)c(C(F)(F)F)c1)C(=O)N1CCN(C2CN3CCC2CC3)CC1)N1CCC(N2Cc3cscc3NC2=O)CC1. The second-order valence-electron chi connectivity index (χ2n) is 13.7. The van der Waals surface area contributed by atoms with Gasteiger partial charge in [0.05, 0.1) is 22.8 Å². The number of piperidine rings is 4. The first-order chi connectivity index (χ1) is 23.4. The van der Waals surface area contributed by atoms with E-state index in [0.717, 1.165) is 37.0 Å². The van der Waals surface area contributed by atoms with Gasteiger partial charge in [0.25, 0.3) is 5.91 Å². The fraction of sp³-hybridized carbons (Fsp3) is 0.606. The number of rotatable bonds is 6. The number of aromatic hydroxyl groups is 1. The largest absolute Gasteiger partial charge is 0.506 e. The molecule has 5 fully saturated rings. The Morgan fingerprint density at radius 1 is 1.00 bits per heavy atom. The van der Waals surface area contributed by atoms with Gasteiger partial charge in [0, 0.05) is 75.3 Å². The van der Waals surface area contributed by atoms with Gasteiger partial charge in [-0.05, 0) is 67.8 Å². The highest BCUT2D eigenvalue weighted by molar-refractivity contribution is 7.08. The summed E-state index contributed by atoms with van der Waals surface area (Å²) in [6.07, 6.45) is -4.02. The first-order valence-corrected chi connectivity index (χ1v) is 18.2. The molecular formula is C33H40ClF3N6O5S. The molecule has 5 saturated heterocycles. The summed E-state index contributed by atoms with van der Waals surface area (Å²) < 4.78 is 47.0. The van der Waals surface area contributed by atoms with Crippen molar-refractivity contribution in [1.82, 2.24) is 24.5 Å². The number of thiophene rings is 1. The molecule has 1 aromatic heterocycles. The molecule has 6 aliphatic rings. The number of carbonyl (C=O) groups is 3. The first kappa shape index (κ1) is 34.2. The molecule has 0 radical (unpaired) electrons. The molecule has 11 nitrogen and oxygen atoms in total. The highest BCUT2D eigenvalue weighted by Crippen LogP contribution is 2.41. The Bertz CT molecular complexity index is 1570. The van der Waals surface area contributed by atoms with E-state index in [1.54, 1.807) is 9.80 Å². The molecule has 2 bridgehead atoms. The number of anilines is 1. The number of fused-ring (bicyclic) bond motifs is 4. The predicted molar refractivity (Wildman–Crippen MR) is 177 cm³/mol. The first-order valence-electron chi connectivity index (χ1n) is 16.9. The number of hydrogen-bond acceptors (Lipinski definition) is 8. The van der Waals surface area contributed by atoms with Crippen molar-refractivity contribution < 1.29 is 37.4 Å². The Balaban J connectivity index is 1.03. The highest BCUT2D eigenvalue weighted by Gasteiger charge is 2.41. The molecule has 1 aromatic carbocycles. The van der Waals surface area contributed by atoms with Gasteiger partial charge in [-0.25, -0.2) is 9.59 Å². The lowest BCUT2D eigenvalue weighted by Crippen LogP contribution is -2.62. The summed E-state index contributed by atoms with van der Waals surface area (Å²) in [7, 11) is 0. The van der Waals surface area contributed by atoms with E-state index in [9.17, 15) is 32.7 Å². The van der Waals surface area contributed by atoms with Crippen LogP contribution in [0.4, 0.5) is 28.4 Å². The fourth-order valence-electron chi connectivity index (χ4n) is 8.06. The average Bonchev–Trinajstić information content (AvgIpc) is 3.56. The van der Waals surface area contributed by atoms with Crippen molar-refractivity contribution in [3.8, 4) is 5.75 Å². The van der Waals surface area contributed by atoms with Crippen LogP contribution in [-0.2, 0) is 28.7 Å². The number of alkyl halides is 3. The van der Waals surface area contributed by atoms with Crippen molar-refractivity contribution >= 4 is 46.7 Å². The molecule has 0 spiro atoms. The number of benzene rings is 1. The molecular weight excluding hydrogens is 685 g/mol. The van der Waals surface area contributed by atoms with Gasteiger partial charge in [-0.1, -0.05) is 11.6 Å². The molecule has 266 valence electrons. The number of nitrogens with one attached hydrogen (secondary N) is 1. The second-order valence-corrected chi connectivity index (χ2v) is 14.9. The van der Waals surface area contributed by atoms with Crippen LogP contribution in [0.5, 0.6) is 5.75 Å². The van der Waals surface area contributed by atoms with E-state index in [1.807, 2.05) is 10.8 Å². The number of halogens is 4. The Labute approximate surface area is 291 Å². The lowest BCUT2D eigenvalue weighted by Gasteiger charge is -2.51. The third kappa shape index (κ3) is 7.17. The van der Waals surface area contributed by atoms with Crippen molar-refractivity contribution in [2.24, 2.45) is 5.92 Å². The summed E-state index contributed by atoms with van der Waals surface area (Å²) in [5.74, 6) is -0.933. The maximum atomic E-state index is 14.0. The molecule has 49 heavy (non-hydrogen) atoms. The molecule has 2 atom stereocenters. The Kier molecular flexibility index (Phi) is 9.63. The van der Waals surface area contributed by atoms with Crippen molar-refractivity contribution in [2.45, 2.75) is 63.0 Å². The topological polar surface area (TPSA) is 109 Å². The van der Waals surface area contributed by atoms with E-state index in [-0.39, 0.29) is 37.1 Å². The lowest BCUT2D eigenvalue weighted by molar-refractivity contribution is -0.143. The molecule has 6 aliphatic heterocycles. The van der Waals surface area contributed by atoms with Gasteiger partial charge < -0.3 is 34.8 Å². The molecule has 4 amide bonds. The smallest absolute Gasteiger partial charge is 0.420 e. The number of phenolic OH excluding ortho intramolecular Hbond substituents is 1. The number of ether oxygens (including phenoxy) is 1. The number of amides is 4. The van der Waals surface area contributed by atoms with Crippen LogP contribution in [0.1, 0.15) is 42.4 Å². The van der Waals surface area contributed by atoms with Crippen molar-refractivity contribution in [3.63, 3.8) is 0 Å². The molecule has 0 saturated carbocycles. The summed E-state index contributed by atoms with van der Waals surface area (Å²) in [4.78, 5) is 50.1. The Hall–Kier alpha value is -3.27. The third-order valence-corrected chi connectivity index (χ3v) is 11.9. The summed E-state index contributed by atoms with van der Waals surface area (Å²) in [5.41, 5.74) is 0.549. The van der Waals surface area contributed by atoms with Gasteiger partial charge in [0.2, 0.25) is 0 Å². The number of hydrogen-bond donors (Lipinski definition) is 2. The molecule has 8 rings (SSSR count). The minimum absolute atomic E-state index is 0.00908. The van der Waals surface area contributed by atoms with E-state index >= 15 is 0 Å². The number of phenols is 1.